The van der Waals surface area contributed by atoms with Gasteiger partial charge in [-0.3, -0.25) is 9.88 Å². The van der Waals surface area contributed by atoms with E-state index in [1.165, 1.54) is 67.6 Å². The van der Waals surface area contributed by atoms with Crippen molar-refractivity contribution in [1.29, 1.82) is 0 Å². The smallest absolute Gasteiger partial charge is 0.329 e. The zero-order valence-corrected chi connectivity index (χ0v) is 32.2. The molecule has 5 aliphatic rings. The number of ether oxygens (including phenoxy) is 2. The zero-order valence-electron chi connectivity index (χ0n) is 30.7. The van der Waals surface area contributed by atoms with Crippen LogP contribution in [0, 0.1) is 17.3 Å². The molecule has 2 saturated carbocycles. The summed E-state index contributed by atoms with van der Waals surface area (Å²) >= 11 is 13.2. The summed E-state index contributed by atoms with van der Waals surface area (Å²) in [7, 11) is 0. The van der Waals surface area contributed by atoms with Crippen molar-refractivity contribution >= 4 is 34.9 Å². The van der Waals surface area contributed by atoms with Gasteiger partial charge in [-0.05, 0) is 147 Å². The van der Waals surface area contributed by atoms with Gasteiger partial charge >= 0.3 is 5.97 Å². The molecule has 0 unspecified atom stereocenters. The number of anilines is 1. The minimum atomic E-state index is -1.07. The highest BCUT2D eigenvalue weighted by Gasteiger charge is 2.54. The van der Waals surface area contributed by atoms with Gasteiger partial charge in [0.25, 0.3) is 0 Å². The summed E-state index contributed by atoms with van der Waals surface area (Å²) < 4.78 is 13.0. The standard InChI is InChI=1S/C43H53Cl2N3O4/c1-28(25-52-37-10-17-46-36-9-3-6-29(2)39(36)37)20-31-21-30-22-35(45)38(51-19-18-48-26-41(27-48)11-5-12-41)24-34(30)42(31)13-15-43(16-14-42,40(49)50)47-33-8-4-7-32(44)23-33/h4,7-8,10,17,22-24,28-29,31,47H,3,5-6,9,11-16,18-21,25-27H2,1-2H3,(H,49,50)/t28-,29-,31+,42?,43?/m1/s1. The van der Waals surface area contributed by atoms with Gasteiger partial charge < -0.3 is 19.9 Å². The number of nitrogens with one attached hydrogen (secondary N) is 1. The zero-order chi connectivity index (χ0) is 36.1. The number of hydrogen-bond donors (Lipinski definition) is 2. The summed E-state index contributed by atoms with van der Waals surface area (Å²) in [5.74, 6) is 2.01. The number of halogens is 2. The van der Waals surface area contributed by atoms with E-state index in [9.17, 15) is 9.90 Å². The molecule has 1 aromatic heterocycles. The number of hydrogen-bond acceptors (Lipinski definition) is 6. The molecule has 2 aromatic carbocycles. The SMILES string of the molecule is C[C@@H](COc1ccnc2c1[C@H](C)CCC2)C[C@H]1Cc2cc(Cl)c(OCCN3CC4(CCC4)C3)cc2C12CCC(Nc1cccc(Cl)c1)(C(=O)O)CC2. The van der Waals surface area contributed by atoms with Crippen LogP contribution in [0.25, 0.3) is 0 Å². The molecule has 4 aliphatic carbocycles. The molecule has 9 heteroatoms. The quantitative estimate of drug-likeness (QED) is 0.191. The van der Waals surface area contributed by atoms with E-state index in [0.29, 0.717) is 59.3 Å². The van der Waals surface area contributed by atoms with Gasteiger partial charge in [-0.2, -0.15) is 0 Å². The number of pyridine rings is 1. The Morgan fingerprint density at radius 1 is 1.04 bits per heavy atom. The molecule has 2 heterocycles. The van der Waals surface area contributed by atoms with E-state index in [1.807, 2.05) is 36.5 Å². The Labute approximate surface area is 318 Å². The van der Waals surface area contributed by atoms with Gasteiger partial charge in [0.05, 0.1) is 11.6 Å². The first-order valence-corrected chi connectivity index (χ1v) is 20.4. The molecular formula is C43H53Cl2N3O4. The van der Waals surface area contributed by atoms with Crippen molar-refractivity contribution < 1.29 is 19.4 Å². The van der Waals surface area contributed by atoms with Crippen molar-refractivity contribution in [3.8, 4) is 11.5 Å². The maximum atomic E-state index is 13.0. The van der Waals surface area contributed by atoms with Crippen LogP contribution < -0.4 is 14.8 Å². The Morgan fingerprint density at radius 3 is 2.58 bits per heavy atom. The largest absolute Gasteiger partial charge is 0.493 e. The Kier molecular flexibility index (Phi) is 9.93. The van der Waals surface area contributed by atoms with Gasteiger partial charge in [0.1, 0.15) is 23.6 Å². The minimum Gasteiger partial charge on any atom is -0.493 e. The summed E-state index contributed by atoms with van der Waals surface area (Å²) in [6.45, 7) is 9.13. The maximum absolute atomic E-state index is 13.0. The predicted octanol–water partition coefficient (Wildman–Crippen LogP) is 9.72. The van der Waals surface area contributed by atoms with Crippen molar-refractivity contribution in [2.75, 3.05) is 38.2 Å². The normalized spacial score (nSPS) is 28.0. The molecule has 2 N–H and O–H groups in total. The van der Waals surface area contributed by atoms with Gasteiger partial charge in [0, 0.05) is 47.8 Å². The predicted molar refractivity (Wildman–Crippen MR) is 207 cm³/mol. The monoisotopic (exact) mass is 745 g/mol. The van der Waals surface area contributed by atoms with E-state index in [0.717, 1.165) is 55.8 Å². The highest BCUT2D eigenvalue weighted by molar-refractivity contribution is 6.32. The molecule has 1 saturated heterocycles. The molecule has 1 aliphatic heterocycles. The average molecular weight is 747 g/mol. The lowest BCUT2D eigenvalue weighted by atomic mass is 9.59. The van der Waals surface area contributed by atoms with Crippen LogP contribution in [0.5, 0.6) is 11.5 Å². The highest BCUT2D eigenvalue weighted by atomic mass is 35.5. The molecule has 8 rings (SSSR count). The lowest BCUT2D eigenvalue weighted by Crippen LogP contribution is -2.60. The number of rotatable bonds is 12. The van der Waals surface area contributed by atoms with Crippen molar-refractivity contribution in [2.24, 2.45) is 17.3 Å². The van der Waals surface area contributed by atoms with E-state index in [2.05, 4.69) is 41.2 Å². The number of benzene rings is 2. The fourth-order valence-electron chi connectivity index (χ4n) is 10.6. The Hall–Kier alpha value is -3.00. The van der Waals surface area contributed by atoms with Gasteiger partial charge in [-0.15, -0.1) is 0 Å². The molecule has 2 spiro atoms. The van der Waals surface area contributed by atoms with E-state index < -0.39 is 11.5 Å². The number of aliphatic carboxylic acids is 1. The first-order valence-electron chi connectivity index (χ1n) is 19.6. The van der Waals surface area contributed by atoms with E-state index >= 15 is 0 Å². The Morgan fingerprint density at radius 2 is 1.85 bits per heavy atom. The summed E-state index contributed by atoms with van der Waals surface area (Å²) in [6, 6.07) is 13.8. The van der Waals surface area contributed by atoms with Crippen LogP contribution in [0.15, 0.2) is 48.7 Å². The molecule has 3 aromatic rings. The topological polar surface area (TPSA) is 83.9 Å². The van der Waals surface area contributed by atoms with Crippen LogP contribution in [0.3, 0.4) is 0 Å². The minimum absolute atomic E-state index is 0.181. The lowest BCUT2D eigenvalue weighted by molar-refractivity contribution is -0.144. The van der Waals surface area contributed by atoms with E-state index in [-0.39, 0.29) is 5.41 Å². The van der Waals surface area contributed by atoms with Crippen LogP contribution in [-0.4, -0.2) is 59.3 Å². The average Bonchev–Trinajstić information content (AvgIpc) is 3.35. The van der Waals surface area contributed by atoms with E-state index in [1.54, 1.807) is 0 Å². The molecule has 0 bridgehead atoms. The first-order chi connectivity index (χ1) is 25.1. The number of carbonyl (C=O) groups is 1. The number of aromatic nitrogens is 1. The second kappa shape index (κ2) is 14.3. The van der Waals surface area contributed by atoms with Crippen LogP contribution in [0.1, 0.15) is 106 Å². The molecule has 0 amide bonds. The van der Waals surface area contributed by atoms with Crippen molar-refractivity contribution in [1.82, 2.24) is 9.88 Å². The Bertz CT molecular complexity index is 1790. The first kappa shape index (κ1) is 36.0. The van der Waals surface area contributed by atoms with Gasteiger partial charge in [-0.25, -0.2) is 4.79 Å². The summed E-state index contributed by atoms with van der Waals surface area (Å²) in [6.07, 6.45) is 13.8. The Balaban J connectivity index is 1.02. The molecule has 278 valence electrons. The highest BCUT2D eigenvalue weighted by Crippen LogP contribution is 2.57. The molecule has 3 fully saturated rings. The van der Waals surface area contributed by atoms with Crippen LogP contribution in [-0.2, 0) is 23.1 Å². The number of aryl methyl sites for hydroxylation is 1. The molecular weight excluding hydrogens is 693 g/mol. The second-order valence-corrected chi connectivity index (χ2v) is 17.9. The second-order valence-electron chi connectivity index (χ2n) is 17.0. The number of likely N-dealkylation sites (tertiary alicyclic amines) is 1. The van der Waals surface area contributed by atoms with E-state index in [4.69, 9.17) is 32.7 Å². The fourth-order valence-corrected chi connectivity index (χ4v) is 11.0. The molecule has 3 atom stereocenters. The lowest BCUT2D eigenvalue weighted by Gasteiger charge is -2.56. The van der Waals surface area contributed by atoms with Crippen LogP contribution in [0.2, 0.25) is 10.0 Å². The summed E-state index contributed by atoms with van der Waals surface area (Å²) in [5.41, 5.74) is 5.11. The molecule has 0 radical (unpaired) electrons. The molecule has 52 heavy (non-hydrogen) atoms. The van der Waals surface area contributed by atoms with Crippen molar-refractivity contribution in [3.05, 3.63) is 81.1 Å². The van der Waals surface area contributed by atoms with Gasteiger partial charge in [-0.1, -0.05) is 49.5 Å². The van der Waals surface area contributed by atoms with Gasteiger partial charge in [0.2, 0.25) is 0 Å². The summed E-state index contributed by atoms with van der Waals surface area (Å²) in [4.78, 5) is 20.2. The third-order valence-electron chi connectivity index (χ3n) is 13.5. The van der Waals surface area contributed by atoms with Crippen LogP contribution >= 0.6 is 23.2 Å². The molecule has 7 nitrogen and oxygen atoms in total. The summed E-state index contributed by atoms with van der Waals surface area (Å²) in [5, 5.41) is 15.3. The fraction of sp³-hybridized carbons (Fsp3) is 0.581. The van der Waals surface area contributed by atoms with Crippen LogP contribution in [0.4, 0.5) is 5.69 Å². The van der Waals surface area contributed by atoms with Crippen molar-refractivity contribution in [3.63, 3.8) is 0 Å². The van der Waals surface area contributed by atoms with Gasteiger partial charge in [0.15, 0.2) is 0 Å². The number of fused-ring (bicyclic) bond motifs is 3. The third kappa shape index (κ3) is 6.79. The number of carboxylic acids is 1. The number of nitrogens with zero attached hydrogens (tertiary/aromatic N) is 2. The van der Waals surface area contributed by atoms with Crippen molar-refractivity contribution in [2.45, 2.75) is 108 Å². The maximum Gasteiger partial charge on any atom is 0.329 e. The number of carboxylic acid groups (broad SMARTS) is 1. The third-order valence-corrected chi connectivity index (χ3v) is 14.1.